The third kappa shape index (κ3) is 0.618. The highest BCUT2D eigenvalue weighted by Crippen LogP contribution is 2.47. The van der Waals surface area contributed by atoms with Crippen LogP contribution < -0.4 is 5.32 Å². The van der Waals surface area contributed by atoms with Crippen molar-refractivity contribution in [3.05, 3.63) is 12.7 Å². The third-order valence-electron chi connectivity index (χ3n) is 2.58. The van der Waals surface area contributed by atoms with Gasteiger partial charge in [0, 0.05) is 17.9 Å². The summed E-state index contributed by atoms with van der Waals surface area (Å²) in [5.74, 6) is 0.599. The highest BCUT2D eigenvalue weighted by molar-refractivity contribution is 5.81. The maximum atomic E-state index is 10.9. The quantitative estimate of drug-likeness (QED) is 0.422. The fraction of sp³-hybridized carbons (Fsp3) is 0.625. The first-order valence-corrected chi connectivity index (χ1v) is 3.70. The lowest BCUT2D eigenvalue weighted by Crippen LogP contribution is -2.30. The Bertz CT molecular complexity index is 193. The molecule has 1 saturated carbocycles. The van der Waals surface area contributed by atoms with Gasteiger partial charge in [0.2, 0.25) is 5.91 Å². The maximum absolute atomic E-state index is 10.9. The minimum atomic E-state index is 0.166. The second-order valence-corrected chi connectivity index (χ2v) is 3.25. The molecule has 2 rings (SSSR count). The summed E-state index contributed by atoms with van der Waals surface area (Å²) < 4.78 is 0. The highest BCUT2D eigenvalue weighted by atomic mass is 16.2. The molecule has 1 N–H and O–H groups in total. The molecule has 0 aromatic rings. The summed E-state index contributed by atoms with van der Waals surface area (Å²) in [5, 5.41) is 3.00. The fourth-order valence-corrected chi connectivity index (χ4v) is 1.76. The molecule has 2 fully saturated rings. The number of hydrogen-bond acceptors (Lipinski definition) is 1. The normalized spacial score (nSPS) is 43.6. The van der Waals surface area contributed by atoms with Crippen LogP contribution in [0.5, 0.6) is 0 Å². The molecule has 1 spiro atoms. The van der Waals surface area contributed by atoms with Gasteiger partial charge >= 0.3 is 0 Å². The molecule has 2 unspecified atom stereocenters. The molecular weight excluding hydrogens is 127 g/mol. The topological polar surface area (TPSA) is 29.1 Å². The highest BCUT2D eigenvalue weighted by Gasteiger charge is 2.53. The van der Waals surface area contributed by atoms with Crippen LogP contribution in [-0.4, -0.2) is 11.4 Å². The molecule has 1 aliphatic carbocycles. The molecule has 0 aromatic heterocycles. The molecule has 1 aliphatic heterocycles. The van der Waals surface area contributed by atoms with E-state index >= 15 is 0 Å². The van der Waals surface area contributed by atoms with Crippen molar-refractivity contribution in [3.63, 3.8) is 0 Å². The van der Waals surface area contributed by atoms with Crippen molar-refractivity contribution in [2.24, 2.45) is 5.92 Å². The lowest BCUT2D eigenvalue weighted by molar-refractivity contribution is -0.119. The number of hydrogen-bond donors (Lipinski definition) is 1. The average Bonchev–Trinajstić information content (AvgIpc) is 2.55. The Morgan fingerprint density at radius 3 is 2.80 bits per heavy atom. The summed E-state index contributed by atoms with van der Waals surface area (Å²) in [4.78, 5) is 10.9. The summed E-state index contributed by atoms with van der Waals surface area (Å²) in [7, 11) is 0. The van der Waals surface area contributed by atoms with Crippen LogP contribution in [0.1, 0.15) is 19.3 Å². The minimum Gasteiger partial charge on any atom is -0.350 e. The van der Waals surface area contributed by atoms with Gasteiger partial charge in [-0.25, -0.2) is 0 Å². The van der Waals surface area contributed by atoms with Crippen molar-refractivity contribution in [2.75, 3.05) is 0 Å². The first-order chi connectivity index (χ1) is 4.77. The van der Waals surface area contributed by atoms with E-state index in [0.29, 0.717) is 12.3 Å². The Labute approximate surface area is 60.3 Å². The van der Waals surface area contributed by atoms with E-state index in [1.54, 1.807) is 0 Å². The van der Waals surface area contributed by atoms with E-state index < -0.39 is 0 Å². The van der Waals surface area contributed by atoms with Crippen LogP contribution >= 0.6 is 0 Å². The van der Waals surface area contributed by atoms with E-state index in [0.717, 1.165) is 12.8 Å². The Hall–Kier alpha value is -0.790. The molecule has 10 heavy (non-hydrogen) atoms. The smallest absolute Gasteiger partial charge is 0.221 e. The van der Waals surface area contributed by atoms with Gasteiger partial charge in [0.25, 0.3) is 0 Å². The van der Waals surface area contributed by atoms with Crippen molar-refractivity contribution >= 4 is 5.91 Å². The van der Waals surface area contributed by atoms with Gasteiger partial charge in [-0.3, -0.25) is 4.79 Å². The Balaban J connectivity index is 2.20. The number of nitrogens with one attached hydrogen (secondary N) is 1. The molecule has 2 atom stereocenters. The fourth-order valence-electron chi connectivity index (χ4n) is 1.76. The van der Waals surface area contributed by atoms with Crippen LogP contribution in [0.2, 0.25) is 0 Å². The molecule has 2 heteroatoms. The Kier molecular flexibility index (Phi) is 0.967. The molecule has 0 bridgehead atoms. The molecular formula is C8H11NO. The van der Waals surface area contributed by atoms with E-state index in [4.69, 9.17) is 0 Å². The number of amides is 1. The van der Waals surface area contributed by atoms with Crippen LogP contribution in [-0.2, 0) is 4.79 Å². The van der Waals surface area contributed by atoms with Gasteiger partial charge in [0.15, 0.2) is 0 Å². The molecule has 2 aliphatic rings. The van der Waals surface area contributed by atoms with Gasteiger partial charge in [0.1, 0.15) is 0 Å². The zero-order chi connectivity index (χ0) is 7.19. The van der Waals surface area contributed by atoms with E-state index in [2.05, 4.69) is 11.9 Å². The summed E-state index contributed by atoms with van der Waals surface area (Å²) >= 11 is 0. The van der Waals surface area contributed by atoms with E-state index in [1.807, 2.05) is 6.08 Å². The summed E-state index contributed by atoms with van der Waals surface area (Å²) in [6.45, 7) is 3.72. The average molecular weight is 138 g/mol. The van der Waals surface area contributed by atoms with Crippen molar-refractivity contribution < 1.29 is 4.79 Å². The molecule has 1 heterocycles. The van der Waals surface area contributed by atoms with Crippen molar-refractivity contribution in [1.82, 2.24) is 5.32 Å². The van der Waals surface area contributed by atoms with Crippen molar-refractivity contribution in [2.45, 2.75) is 24.8 Å². The predicted molar refractivity (Wildman–Crippen MR) is 38.4 cm³/mol. The van der Waals surface area contributed by atoms with Crippen molar-refractivity contribution in [1.29, 1.82) is 0 Å². The van der Waals surface area contributed by atoms with Gasteiger partial charge in [-0.1, -0.05) is 6.08 Å². The van der Waals surface area contributed by atoms with Gasteiger partial charge in [-0.2, -0.15) is 0 Å². The molecule has 0 aromatic carbocycles. The van der Waals surface area contributed by atoms with Crippen LogP contribution in [0.15, 0.2) is 12.7 Å². The zero-order valence-corrected chi connectivity index (χ0v) is 5.89. The molecule has 54 valence electrons. The summed E-state index contributed by atoms with van der Waals surface area (Å²) in [6.07, 6.45) is 4.86. The minimum absolute atomic E-state index is 0.166. The second kappa shape index (κ2) is 1.62. The van der Waals surface area contributed by atoms with E-state index in [9.17, 15) is 4.79 Å². The van der Waals surface area contributed by atoms with Crippen LogP contribution in [0.3, 0.4) is 0 Å². The number of carbonyl (C=O) groups excluding carboxylic acids is 1. The monoisotopic (exact) mass is 138 g/mol. The first kappa shape index (κ1) is 5.96. The Morgan fingerprint density at radius 1 is 1.70 bits per heavy atom. The van der Waals surface area contributed by atoms with Gasteiger partial charge in [-0.15, -0.1) is 6.58 Å². The Morgan fingerprint density at radius 2 is 2.40 bits per heavy atom. The summed E-state index contributed by atoms with van der Waals surface area (Å²) in [5.41, 5.74) is 0.166. The lowest BCUT2D eigenvalue weighted by atomic mass is 10.0. The van der Waals surface area contributed by atoms with E-state index in [1.165, 1.54) is 0 Å². The van der Waals surface area contributed by atoms with Gasteiger partial charge in [0.05, 0.1) is 0 Å². The number of carbonyl (C=O) groups is 1. The first-order valence-electron chi connectivity index (χ1n) is 3.70. The van der Waals surface area contributed by atoms with Gasteiger partial charge in [-0.05, 0) is 12.8 Å². The molecule has 1 amide bonds. The zero-order valence-electron chi connectivity index (χ0n) is 5.89. The summed E-state index contributed by atoms with van der Waals surface area (Å²) in [6, 6.07) is 0. The molecule has 0 radical (unpaired) electrons. The maximum Gasteiger partial charge on any atom is 0.221 e. The largest absolute Gasteiger partial charge is 0.350 e. The van der Waals surface area contributed by atoms with Crippen molar-refractivity contribution in [3.8, 4) is 0 Å². The van der Waals surface area contributed by atoms with Crippen LogP contribution in [0.25, 0.3) is 0 Å². The predicted octanol–water partition coefficient (Wildman–Crippen LogP) is 0.841. The van der Waals surface area contributed by atoms with Gasteiger partial charge < -0.3 is 5.32 Å². The van der Waals surface area contributed by atoms with Crippen LogP contribution in [0, 0.1) is 5.92 Å². The third-order valence-corrected chi connectivity index (χ3v) is 2.58. The lowest BCUT2D eigenvalue weighted by Gasteiger charge is -2.11. The second-order valence-electron chi connectivity index (χ2n) is 3.25. The SMILES string of the molecule is C=CC1CC(=O)NC12C[13CH2]2. The number of rotatable bonds is 1. The molecule has 1 saturated heterocycles. The standard InChI is InChI=1S/C8H11NO/c1-2-6-5-7(10)9-8(6)3-4-8/h2,6H,1,3-5H2,(H,9,10)/i3+1. The van der Waals surface area contributed by atoms with Crippen LogP contribution in [0.4, 0.5) is 0 Å². The molecule has 2 nitrogen and oxygen atoms in total. The van der Waals surface area contributed by atoms with E-state index in [-0.39, 0.29) is 11.4 Å².